The van der Waals surface area contributed by atoms with Crippen LogP contribution >= 0.6 is 0 Å². The molecular formula is C9H7F2O2. The summed E-state index contributed by atoms with van der Waals surface area (Å²) in [6.07, 6.45) is 1.62. The van der Waals surface area contributed by atoms with Crippen LogP contribution in [0.3, 0.4) is 0 Å². The van der Waals surface area contributed by atoms with Crippen molar-refractivity contribution >= 4 is 6.29 Å². The number of hydrogen-bond acceptors (Lipinski definition) is 2. The van der Waals surface area contributed by atoms with Gasteiger partial charge in [-0.05, 0) is 12.1 Å². The Hall–Kier alpha value is -1.45. The van der Waals surface area contributed by atoms with E-state index in [0.717, 1.165) is 6.07 Å². The zero-order chi connectivity index (χ0) is 9.68. The van der Waals surface area contributed by atoms with Gasteiger partial charge < -0.3 is 4.74 Å². The first kappa shape index (κ1) is 9.64. The van der Waals surface area contributed by atoms with Gasteiger partial charge in [0.1, 0.15) is 0 Å². The summed E-state index contributed by atoms with van der Waals surface area (Å²) in [4.78, 5) is 9.77. The summed E-state index contributed by atoms with van der Waals surface area (Å²) in [6, 6.07) is 3.62. The highest BCUT2D eigenvalue weighted by molar-refractivity contribution is 5.50. The summed E-state index contributed by atoms with van der Waals surface area (Å²) in [6.45, 7) is 0.00384. The standard InChI is InChI=1S/C9H7F2O2/c10-7-3-1-4-8(9(7)11)13-6-2-5-12/h1,3-4H,2,6H2. The van der Waals surface area contributed by atoms with Gasteiger partial charge in [-0.1, -0.05) is 6.07 Å². The molecule has 0 saturated carbocycles. The van der Waals surface area contributed by atoms with Crippen molar-refractivity contribution in [3.05, 3.63) is 29.8 Å². The van der Waals surface area contributed by atoms with E-state index in [1.807, 2.05) is 0 Å². The number of rotatable bonds is 4. The van der Waals surface area contributed by atoms with E-state index >= 15 is 0 Å². The molecule has 0 unspecified atom stereocenters. The van der Waals surface area contributed by atoms with E-state index in [2.05, 4.69) is 0 Å². The Morgan fingerprint density at radius 2 is 2.15 bits per heavy atom. The second-order valence-electron chi connectivity index (χ2n) is 2.29. The monoisotopic (exact) mass is 185 g/mol. The maximum atomic E-state index is 12.8. The van der Waals surface area contributed by atoms with Gasteiger partial charge >= 0.3 is 0 Å². The molecule has 0 aliphatic carbocycles. The van der Waals surface area contributed by atoms with Crippen LogP contribution in [0.15, 0.2) is 18.2 Å². The lowest BCUT2D eigenvalue weighted by molar-refractivity contribution is 0.303. The topological polar surface area (TPSA) is 26.3 Å². The smallest absolute Gasteiger partial charge is 0.201 e. The minimum atomic E-state index is -1.03. The van der Waals surface area contributed by atoms with Gasteiger partial charge in [0.25, 0.3) is 0 Å². The van der Waals surface area contributed by atoms with Crippen molar-refractivity contribution in [2.24, 2.45) is 0 Å². The van der Waals surface area contributed by atoms with Crippen molar-refractivity contribution in [2.45, 2.75) is 6.42 Å². The first-order valence-electron chi connectivity index (χ1n) is 3.67. The molecule has 0 atom stereocenters. The van der Waals surface area contributed by atoms with Gasteiger partial charge in [0.15, 0.2) is 11.6 Å². The molecule has 0 saturated heterocycles. The number of halogens is 2. The van der Waals surface area contributed by atoms with Gasteiger partial charge in [-0.3, -0.25) is 4.79 Å². The van der Waals surface area contributed by atoms with Crippen molar-refractivity contribution < 1.29 is 18.3 Å². The molecule has 1 aromatic carbocycles. The van der Waals surface area contributed by atoms with E-state index in [9.17, 15) is 13.6 Å². The summed E-state index contributed by atoms with van der Waals surface area (Å²) in [5.41, 5.74) is 0. The van der Waals surface area contributed by atoms with E-state index in [1.54, 1.807) is 6.29 Å². The molecule has 1 rings (SSSR count). The fourth-order valence-corrected chi connectivity index (χ4v) is 0.798. The zero-order valence-electron chi connectivity index (χ0n) is 6.72. The summed E-state index contributed by atoms with van der Waals surface area (Å²) in [7, 11) is 0. The number of carbonyl (C=O) groups excluding carboxylic acids is 1. The van der Waals surface area contributed by atoms with Crippen LogP contribution in [-0.2, 0) is 4.79 Å². The molecule has 0 fully saturated rings. The third-order valence-corrected chi connectivity index (χ3v) is 1.38. The average Bonchev–Trinajstić information content (AvgIpc) is 2.13. The molecule has 0 bridgehead atoms. The number of hydrogen-bond donors (Lipinski definition) is 0. The van der Waals surface area contributed by atoms with E-state index in [1.165, 1.54) is 12.1 Å². The number of ether oxygens (including phenoxy) is 1. The Labute approximate surface area is 74.1 Å². The zero-order valence-corrected chi connectivity index (χ0v) is 6.72. The Balaban J connectivity index is 2.65. The summed E-state index contributed by atoms with van der Waals surface area (Å²) >= 11 is 0. The maximum Gasteiger partial charge on any atom is 0.201 e. The predicted octanol–water partition coefficient (Wildman–Crippen LogP) is 1.84. The minimum Gasteiger partial charge on any atom is -0.490 e. The van der Waals surface area contributed by atoms with Crippen LogP contribution in [0.4, 0.5) is 8.78 Å². The maximum absolute atomic E-state index is 12.8. The molecule has 0 amide bonds. The molecular weight excluding hydrogens is 178 g/mol. The van der Waals surface area contributed by atoms with E-state index in [0.29, 0.717) is 0 Å². The van der Waals surface area contributed by atoms with Gasteiger partial charge in [0.05, 0.1) is 6.61 Å². The van der Waals surface area contributed by atoms with Gasteiger partial charge in [-0.15, -0.1) is 0 Å². The normalized spacial score (nSPS) is 9.69. The molecule has 1 aromatic rings. The van der Waals surface area contributed by atoms with Crippen molar-refractivity contribution in [2.75, 3.05) is 6.61 Å². The molecule has 69 valence electrons. The Morgan fingerprint density at radius 3 is 2.85 bits per heavy atom. The van der Waals surface area contributed by atoms with Gasteiger partial charge in [-0.2, -0.15) is 4.39 Å². The van der Waals surface area contributed by atoms with Gasteiger partial charge in [-0.25, -0.2) is 4.39 Å². The first-order valence-corrected chi connectivity index (χ1v) is 3.67. The molecule has 0 heterocycles. The molecule has 0 aromatic heterocycles. The first-order chi connectivity index (χ1) is 6.25. The highest BCUT2D eigenvalue weighted by Gasteiger charge is 2.07. The lowest BCUT2D eigenvalue weighted by Crippen LogP contribution is -2.00. The summed E-state index contributed by atoms with van der Waals surface area (Å²) < 4.78 is 30.2. The van der Waals surface area contributed by atoms with Gasteiger partial charge in [0, 0.05) is 6.42 Å². The van der Waals surface area contributed by atoms with E-state index in [4.69, 9.17) is 4.74 Å². The molecule has 2 nitrogen and oxygen atoms in total. The third-order valence-electron chi connectivity index (χ3n) is 1.38. The SMILES string of the molecule is O=[C]CCOc1cccc(F)c1F. The molecule has 13 heavy (non-hydrogen) atoms. The van der Waals surface area contributed by atoms with Gasteiger partial charge in [0.2, 0.25) is 12.1 Å². The van der Waals surface area contributed by atoms with Crippen molar-refractivity contribution in [3.63, 3.8) is 0 Å². The number of benzene rings is 1. The fraction of sp³-hybridized carbons (Fsp3) is 0.222. The van der Waals surface area contributed by atoms with Crippen LogP contribution in [0.2, 0.25) is 0 Å². The van der Waals surface area contributed by atoms with Crippen LogP contribution in [0, 0.1) is 11.6 Å². The van der Waals surface area contributed by atoms with Crippen molar-refractivity contribution in [1.29, 1.82) is 0 Å². The lowest BCUT2D eigenvalue weighted by atomic mass is 10.3. The highest BCUT2D eigenvalue weighted by Crippen LogP contribution is 2.18. The summed E-state index contributed by atoms with van der Waals surface area (Å²) in [5, 5.41) is 0. The van der Waals surface area contributed by atoms with Crippen LogP contribution < -0.4 is 4.74 Å². The average molecular weight is 185 g/mol. The fourth-order valence-electron chi connectivity index (χ4n) is 0.798. The second kappa shape index (κ2) is 4.54. The lowest BCUT2D eigenvalue weighted by Gasteiger charge is -2.04. The second-order valence-corrected chi connectivity index (χ2v) is 2.29. The molecule has 0 spiro atoms. The van der Waals surface area contributed by atoms with Crippen molar-refractivity contribution in [1.82, 2.24) is 0 Å². The van der Waals surface area contributed by atoms with Crippen LogP contribution in [0.5, 0.6) is 5.75 Å². The highest BCUT2D eigenvalue weighted by atomic mass is 19.2. The minimum absolute atomic E-state index is 0.00384. The third kappa shape index (κ3) is 2.50. The van der Waals surface area contributed by atoms with Crippen LogP contribution in [-0.4, -0.2) is 12.9 Å². The van der Waals surface area contributed by atoms with Crippen LogP contribution in [0.25, 0.3) is 0 Å². The molecule has 0 N–H and O–H groups in total. The van der Waals surface area contributed by atoms with Crippen LogP contribution in [0.1, 0.15) is 6.42 Å². The molecule has 0 aliphatic rings. The summed E-state index contributed by atoms with van der Waals surface area (Å²) in [5.74, 6) is -2.18. The van der Waals surface area contributed by atoms with Crippen molar-refractivity contribution in [3.8, 4) is 5.75 Å². The quantitative estimate of drug-likeness (QED) is 0.669. The van der Waals surface area contributed by atoms with E-state index < -0.39 is 11.6 Å². The Bertz CT molecular complexity index is 300. The molecule has 0 aliphatic heterocycles. The Morgan fingerprint density at radius 1 is 1.38 bits per heavy atom. The van der Waals surface area contributed by atoms with E-state index in [-0.39, 0.29) is 18.8 Å². The predicted molar refractivity (Wildman–Crippen MR) is 42.2 cm³/mol. The molecule has 4 heteroatoms. The Kier molecular flexibility index (Phi) is 3.37. The largest absolute Gasteiger partial charge is 0.490 e. The molecule has 1 radical (unpaired) electrons.